The van der Waals surface area contributed by atoms with Crippen LogP contribution in [0.3, 0.4) is 0 Å². The molecule has 1 atom stereocenters. The summed E-state index contributed by atoms with van der Waals surface area (Å²) in [6.07, 6.45) is 1.52. The fraction of sp³-hybridized carbons (Fsp3) is 0.417. The van der Waals surface area contributed by atoms with E-state index in [2.05, 4.69) is 4.90 Å². The van der Waals surface area contributed by atoms with E-state index in [1.165, 1.54) is 0 Å². The molecule has 0 N–H and O–H groups in total. The van der Waals surface area contributed by atoms with Crippen LogP contribution >= 0.6 is 0 Å². The minimum Gasteiger partial charge on any atom is -0.368 e. The van der Waals surface area contributed by atoms with Gasteiger partial charge >= 0.3 is 0 Å². The Bertz CT molecular complexity index is 829. The van der Waals surface area contributed by atoms with Crippen molar-refractivity contribution in [3.8, 4) is 0 Å². The van der Waals surface area contributed by atoms with Gasteiger partial charge in [0.15, 0.2) is 0 Å². The van der Waals surface area contributed by atoms with Crippen molar-refractivity contribution in [1.29, 1.82) is 0 Å². The summed E-state index contributed by atoms with van der Waals surface area (Å²) < 4.78 is 5.53. The molecule has 2 aromatic carbocycles. The Balaban J connectivity index is 1.36. The number of amides is 2. The van der Waals surface area contributed by atoms with Crippen LogP contribution in [-0.2, 0) is 20.9 Å². The molecule has 0 bridgehead atoms. The molecule has 0 aliphatic carbocycles. The molecule has 2 saturated heterocycles. The number of anilines is 1. The Morgan fingerprint density at radius 1 is 0.933 bits per heavy atom. The summed E-state index contributed by atoms with van der Waals surface area (Å²) in [4.78, 5) is 31.6. The topological polar surface area (TPSA) is 53.1 Å². The van der Waals surface area contributed by atoms with Crippen molar-refractivity contribution in [2.24, 2.45) is 0 Å². The van der Waals surface area contributed by atoms with E-state index in [0.29, 0.717) is 45.9 Å². The number of carbonyl (C=O) groups excluding carboxylic acids is 2. The van der Waals surface area contributed by atoms with Gasteiger partial charge in [-0.25, -0.2) is 0 Å². The van der Waals surface area contributed by atoms with Gasteiger partial charge in [0.25, 0.3) is 5.91 Å². The minimum atomic E-state index is -0.266. The van der Waals surface area contributed by atoms with Crippen LogP contribution < -0.4 is 4.90 Å². The predicted octanol–water partition coefficient (Wildman–Crippen LogP) is 2.54. The predicted molar refractivity (Wildman–Crippen MR) is 116 cm³/mol. The maximum Gasteiger partial charge on any atom is 0.251 e. The quantitative estimate of drug-likeness (QED) is 0.739. The van der Waals surface area contributed by atoms with Crippen LogP contribution in [-0.4, -0.2) is 67.0 Å². The van der Waals surface area contributed by atoms with Gasteiger partial charge in [-0.2, -0.15) is 0 Å². The molecule has 30 heavy (non-hydrogen) atoms. The fourth-order valence-corrected chi connectivity index (χ4v) is 4.08. The van der Waals surface area contributed by atoms with Gasteiger partial charge in [-0.15, -0.1) is 0 Å². The summed E-state index contributed by atoms with van der Waals surface area (Å²) in [5.74, 6) is 0.178. The van der Waals surface area contributed by atoms with Gasteiger partial charge in [0, 0.05) is 38.5 Å². The normalized spacial score (nSPS) is 19.6. The average Bonchev–Trinajstić information content (AvgIpc) is 3.34. The molecule has 6 nitrogen and oxygen atoms in total. The first kappa shape index (κ1) is 20.6. The van der Waals surface area contributed by atoms with Gasteiger partial charge in [0.1, 0.15) is 6.10 Å². The van der Waals surface area contributed by atoms with Crippen molar-refractivity contribution in [2.75, 3.05) is 44.2 Å². The lowest BCUT2D eigenvalue weighted by Crippen LogP contribution is -2.53. The van der Waals surface area contributed by atoms with Gasteiger partial charge in [-0.3, -0.25) is 14.5 Å². The molecule has 2 amide bonds. The number of ether oxygens (including phenoxy) is 1. The molecule has 0 unspecified atom stereocenters. The first-order valence-electron chi connectivity index (χ1n) is 10.7. The zero-order valence-electron chi connectivity index (χ0n) is 17.3. The molecule has 0 aromatic heterocycles. The second kappa shape index (κ2) is 9.87. The first-order valence-corrected chi connectivity index (χ1v) is 10.7. The Kier molecular flexibility index (Phi) is 6.77. The molecular formula is C24H29N3O3. The van der Waals surface area contributed by atoms with Crippen molar-refractivity contribution in [1.82, 2.24) is 9.80 Å². The minimum absolute atomic E-state index is 0.0731. The van der Waals surface area contributed by atoms with E-state index in [1.807, 2.05) is 70.5 Å². The Hall–Kier alpha value is -2.70. The smallest absolute Gasteiger partial charge is 0.251 e. The maximum absolute atomic E-state index is 13.2. The Morgan fingerprint density at radius 3 is 2.23 bits per heavy atom. The van der Waals surface area contributed by atoms with Gasteiger partial charge in [0.05, 0.1) is 13.1 Å². The highest BCUT2D eigenvalue weighted by molar-refractivity contribution is 5.94. The summed E-state index contributed by atoms with van der Waals surface area (Å²) in [7, 11) is 0. The molecule has 0 spiro atoms. The van der Waals surface area contributed by atoms with Gasteiger partial charge < -0.3 is 14.5 Å². The van der Waals surface area contributed by atoms with Crippen LogP contribution in [0.5, 0.6) is 0 Å². The summed E-state index contributed by atoms with van der Waals surface area (Å²) in [6.45, 7) is 4.29. The van der Waals surface area contributed by atoms with Gasteiger partial charge in [-0.05, 0) is 30.5 Å². The number of rotatable bonds is 6. The van der Waals surface area contributed by atoms with Gasteiger partial charge in [-0.1, -0.05) is 48.5 Å². The lowest BCUT2D eigenvalue weighted by molar-refractivity contribution is -0.142. The third kappa shape index (κ3) is 5.07. The van der Waals surface area contributed by atoms with E-state index < -0.39 is 0 Å². The van der Waals surface area contributed by atoms with E-state index >= 15 is 0 Å². The van der Waals surface area contributed by atoms with Crippen LogP contribution in [0.2, 0.25) is 0 Å². The number of piperazine rings is 1. The fourth-order valence-electron chi connectivity index (χ4n) is 4.08. The van der Waals surface area contributed by atoms with E-state index in [-0.39, 0.29) is 17.9 Å². The molecule has 0 radical (unpaired) electrons. The Morgan fingerprint density at radius 2 is 1.60 bits per heavy atom. The highest BCUT2D eigenvalue weighted by Gasteiger charge is 2.31. The molecule has 4 rings (SSSR count). The van der Waals surface area contributed by atoms with Crippen LogP contribution in [0.1, 0.15) is 18.4 Å². The molecule has 2 aromatic rings. The largest absolute Gasteiger partial charge is 0.368 e. The van der Waals surface area contributed by atoms with Crippen LogP contribution in [0.15, 0.2) is 60.7 Å². The standard InChI is InChI=1S/C24H29N3O3/c28-23(19-25-13-15-26(16-14-25)24(29)22-12-7-17-30-22)27(21-10-5-2-6-11-21)18-20-8-3-1-4-9-20/h1-6,8-11,22H,7,12-19H2/t22-/m1/s1. The van der Waals surface area contributed by atoms with Crippen molar-refractivity contribution >= 4 is 17.5 Å². The molecule has 0 saturated carbocycles. The lowest BCUT2D eigenvalue weighted by atomic mass is 10.2. The number of nitrogens with zero attached hydrogens (tertiary/aromatic N) is 3. The van der Waals surface area contributed by atoms with Crippen molar-refractivity contribution in [3.05, 3.63) is 66.2 Å². The molecule has 2 aliphatic heterocycles. The van der Waals surface area contributed by atoms with E-state index in [1.54, 1.807) is 0 Å². The highest BCUT2D eigenvalue weighted by Crippen LogP contribution is 2.19. The van der Waals surface area contributed by atoms with Gasteiger partial charge in [0.2, 0.25) is 5.91 Å². The monoisotopic (exact) mass is 407 g/mol. The third-order valence-electron chi connectivity index (χ3n) is 5.80. The number of carbonyl (C=O) groups is 2. The van der Waals surface area contributed by atoms with Crippen LogP contribution in [0.25, 0.3) is 0 Å². The van der Waals surface area contributed by atoms with Crippen molar-refractivity contribution in [2.45, 2.75) is 25.5 Å². The number of para-hydroxylation sites is 1. The second-order valence-electron chi connectivity index (χ2n) is 7.90. The van der Waals surface area contributed by atoms with E-state index in [4.69, 9.17) is 4.74 Å². The molecule has 2 fully saturated rings. The lowest BCUT2D eigenvalue weighted by Gasteiger charge is -2.36. The molecule has 158 valence electrons. The van der Waals surface area contributed by atoms with E-state index in [0.717, 1.165) is 24.1 Å². The zero-order chi connectivity index (χ0) is 20.8. The number of hydrogen-bond donors (Lipinski definition) is 0. The van der Waals surface area contributed by atoms with E-state index in [9.17, 15) is 9.59 Å². The Labute approximate surface area is 178 Å². The SMILES string of the molecule is O=C([C@H]1CCCO1)N1CCN(CC(=O)N(Cc2ccccc2)c2ccccc2)CC1. The summed E-state index contributed by atoms with van der Waals surface area (Å²) in [6, 6.07) is 19.9. The average molecular weight is 408 g/mol. The van der Waals surface area contributed by atoms with Crippen LogP contribution in [0, 0.1) is 0 Å². The molecular weight excluding hydrogens is 378 g/mol. The van der Waals surface area contributed by atoms with Crippen molar-refractivity contribution < 1.29 is 14.3 Å². The molecule has 6 heteroatoms. The second-order valence-corrected chi connectivity index (χ2v) is 7.90. The van der Waals surface area contributed by atoms with Crippen molar-refractivity contribution in [3.63, 3.8) is 0 Å². The zero-order valence-corrected chi connectivity index (χ0v) is 17.3. The summed E-state index contributed by atoms with van der Waals surface area (Å²) in [5.41, 5.74) is 2.00. The maximum atomic E-state index is 13.2. The summed E-state index contributed by atoms with van der Waals surface area (Å²) in [5, 5.41) is 0. The first-order chi connectivity index (χ1) is 14.7. The number of hydrogen-bond acceptors (Lipinski definition) is 4. The molecule has 2 aliphatic rings. The summed E-state index contributed by atoms with van der Waals surface area (Å²) >= 11 is 0. The molecule has 2 heterocycles. The van der Waals surface area contributed by atoms with Crippen LogP contribution in [0.4, 0.5) is 5.69 Å². The third-order valence-corrected chi connectivity index (χ3v) is 5.80. The number of benzene rings is 2. The highest BCUT2D eigenvalue weighted by atomic mass is 16.5.